The number of amides is 1. The van der Waals surface area contributed by atoms with Crippen molar-refractivity contribution in [2.24, 2.45) is 5.92 Å². The van der Waals surface area contributed by atoms with Crippen LogP contribution in [-0.4, -0.2) is 71.9 Å². The van der Waals surface area contributed by atoms with E-state index >= 15 is 0 Å². The molecule has 2 saturated heterocycles. The SMILES string of the molecule is CN1C[C@@H]2COC[C@H](C1)N(C(=O)c1c(O)cccc1O)C2. The number of phenols is 2. The molecule has 0 saturated carbocycles. The van der Waals surface area contributed by atoms with Crippen molar-refractivity contribution in [3.63, 3.8) is 0 Å². The highest BCUT2D eigenvalue weighted by atomic mass is 16.5. The Hall–Kier alpha value is -1.79. The van der Waals surface area contributed by atoms with Gasteiger partial charge in [-0.25, -0.2) is 0 Å². The molecule has 0 unspecified atom stereocenters. The lowest BCUT2D eigenvalue weighted by atomic mass is 10.1. The average molecular weight is 292 g/mol. The van der Waals surface area contributed by atoms with Gasteiger partial charge in [-0.1, -0.05) is 6.07 Å². The molecule has 1 aromatic carbocycles. The number of benzene rings is 1. The molecule has 2 heterocycles. The van der Waals surface area contributed by atoms with Crippen molar-refractivity contribution in [1.29, 1.82) is 0 Å². The molecular weight excluding hydrogens is 272 g/mol. The molecule has 0 aromatic heterocycles. The Morgan fingerprint density at radius 2 is 1.90 bits per heavy atom. The van der Waals surface area contributed by atoms with Crippen molar-refractivity contribution < 1.29 is 19.7 Å². The van der Waals surface area contributed by atoms with E-state index in [1.54, 1.807) is 4.90 Å². The number of ether oxygens (including phenoxy) is 1. The number of carbonyl (C=O) groups is 1. The standard InChI is InChI=1S/C15H20N2O4/c1-16-5-10-6-17(11(7-16)9-21-8-10)15(20)14-12(18)3-2-4-13(14)19/h2-4,10-11,18-19H,5-9H2,1H3/t10-,11-/m0/s1. The number of nitrogens with zero attached hydrogens (tertiary/aromatic N) is 2. The number of phenolic OH excluding ortho intramolecular Hbond substituents is 2. The Morgan fingerprint density at radius 3 is 2.62 bits per heavy atom. The minimum Gasteiger partial charge on any atom is -0.507 e. The van der Waals surface area contributed by atoms with E-state index in [1.165, 1.54) is 18.2 Å². The van der Waals surface area contributed by atoms with Gasteiger partial charge in [0.2, 0.25) is 0 Å². The van der Waals surface area contributed by atoms with E-state index in [0.717, 1.165) is 13.1 Å². The van der Waals surface area contributed by atoms with Gasteiger partial charge < -0.3 is 24.7 Å². The van der Waals surface area contributed by atoms with Crippen LogP contribution in [0.2, 0.25) is 0 Å². The predicted octanol–water partition coefficient (Wildman–Crippen LogP) is 0.500. The molecule has 2 fully saturated rings. The van der Waals surface area contributed by atoms with Gasteiger partial charge in [0.05, 0.1) is 19.3 Å². The van der Waals surface area contributed by atoms with Gasteiger partial charge in [-0.05, 0) is 19.2 Å². The quantitative estimate of drug-likeness (QED) is 0.788. The second-order valence-corrected chi connectivity index (χ2v) is 5.91. The van der Waals surface area contributed by atoms with Crippen LogP contribution < -0.4 is 0 Å². The first-order valence-corrected chi connectivity index (χ1v) is 7.14. The summed E-state index contributed by atoms with van der Waals surface area (Å²) in [6, 6.07) is 4.28. The van der Waals surface area contributed by atoms with E-state index in [0.29, 0.717) is 19.8 Å². The molecule has 2 aliphatic rings. The van der Waals surface area contributed by atoms with Gasteiger partial charge in [-0.2, -0.15) is 0 Å². The average Bonchev–Trinajstić information content (AvgIpc) is 2.68. The summed E-state index contributed by atoms with van der Waals surface area (Å²) < 4.78 is 5.64. The molecule has 0 spiro atoms. The fourth-order valence-electron chi connectivity index (χ4n) is 3.22. The first-order chi connectivity index (χ1) is 10.1. The number of rotatable bonds is 1. The Balaban J connectivity index is 1.93. The molecule has 6 nitrogen and oxygen atoms in total. The van der Waals surface area contributed by atoms with Gasteiger partial charge in [0.25, 0.3) is 5.91 Å². The van der Waals surface area contributed by atoms with Gasteiger partial charge in [0, 0.05) is 25.6 Å². The number of fused-ring (bicyclic) bond motifs is 3. The van der Waals surface area contributed by atoms with E-state index in [9.17, 15) is 15.0 Å². The normalized spacial score (nSPS) is 26.4. The number of hydrogen-bond donors (Lipinski definition) is 2. The Labute approximate surface area is 123 Å². The van der Waals surface area contributed by atoms with Crippen molar-refractivity contribution in [3.8, 4) is 11.5 Å². The molecule has 2 aliphatic heterocycles. The second-order valence-electron chi connectivity index (χ2n) is 5.91. The maximum absolute atomic E-state index is 12.8. The third-order valence-electron chi connectivity index (χ3n) is 4.15. The smallest absolute Gasteiger partial charge is 0.261 e. The van der Waals surface area contributed by atoms with Crippen molar-refractivity contribution in [2.75, 3.05) is 39.9 Å². The van der Waals surface area contributed by atoms with Gasteiger partial charge in [0.15, 0.2) is 0 Å². The van der Waals surface area contributed by atoms with E-state index < -0.39 is 0 Å². The highest BCUT2D eigenvalue weighted by Crippen LogP contribution is 2.30. The summed E-state index contributed by atoms with van der Waals surface area (Å²) >= 11 is 0. The van der Waals surface area contributed by atoms with Gasteiger partial charge in [-0.15, -0.1) is 0 Å². The molecule has 3 rings (SSSR count). The lowest BCUT2D eigenvalue weighted by Gasteiger charge is -2.30. The highest BCUT2D eigenvalue weighted by molar-refractivity contribution is 5.99. The van der Waals surface area contributed by atoms with Crippen LogP contribution in [-0.2, 0) is 4.74 Å². The summed E-state index contributed by atoms with van der Waals surface area (Å²) in [5, 5.41) is 19.8. The van der Waals surface area contributed by atoms with Gasteiger partial charge >= 0.3 is 0 Å². The number of aromatic hydroxyl groups is 2. The van der Waals surface area contributed by atoms with Crippen LogP contribution in [0.4, 0.5) is 0 Å². The predicted molar refractivity (Wildman–Crippen MR) is 76.4 cm³/mol. The van der Waals surface area contributed by atoms with Crippen LogP contribution >= 0.6 is 0 Å². The molecule has 0 radical (unpaired) electrons. The highest BCUT2D eigenvalue weighted by Gasteiger charge is 2.36. The van der Waals surface area contributed by atoms with Crippen LogP contribution in [0.25, 0.3) is 0 Å². The molecule has 21 heavy (non-hydrogen) atoms. The molecular formula is C15H20N2O4. The third-order valence-corrected chi connectivity index (χ3v) is 4.15. The van der Waals surface area contributed by atoms with Crippen molar-refractivity contribution in [1.82, 2.24) is 9.80 Å². The largest absolute Gasteiger partial charge is 0.507 e. The van der Waals surface area contributed by atoms with Crippen molar-refractivity contribution in [2.45, 2.75) is 6.04 Å². The van der Waals surface area contributed by atoms with E-state index in [-0.39, 0.29) is 34.9 Å². The molecule has 2 atom stereocenters. The molecule has 114 valence electrons. The molecule has 6 heteroatoms. The zero-order valence-corrected chi connectivity index (χ0v) is 12.0. The third kappa shape index (κ3) is 2.69. The summed E-state index contributed by atoms with van der Waals surface area (Å²) in [4.78, 5) is 16.7. The fourth-order valence-corrected chi connectivity index (χ4v) is 3.22. The molecule has 1 aromatic rings. The molecule has 0 aliphatic carbocycles. The zero-order chi connectivity index (χ0) is 15.0. The molecule has 2 N–H and O–H groups in total. The van der Waals surface area contributed by atoms with Crippen LogP contribution in [0.15, 0.2) is 18.2 Å². The van der Waals surface area contributed by atoms with Crippen LogP contribution in [0.5, 0.6) is 11.5 Å². The lowest BCUT2D eigenvalue weighted by molar-refractivity contribution is 0.0480. The minimum atomic E-state index is -0.332. The zero-order valence-electron chi connectivity index (χ0n) is 12.0. The summed E-state index contributed by atoms with van der Waals surface area (Å²) in [5.41, 5.74) is -0.0206. The minimum absolute atomic E-state index is 0.0206. The fraction of sp³-hybridized carbons (Fsp3) is 0.533. The maximum Gasteiger partial charge on any atom is 0.261 e. The summed E-state index contributed by atoms with van der Waals surface area (Å²) in [6.45, 7) is 3.32. The second kappa shape index (κ2) is 5.54. The van der Waals surface area contributed by atoms with Crippen LogP contribution in [0, 0.1) is 5.92 Å². The van der Waals surface area contributed by atoms with Gasteiger partial charge in [-0.3, -0.25) is 4.79 Å². The Morgan fingerprint density at radius 1 is 1.19 bits per heavy atom. The number of carbonyl (C=O) groups excluding carboxylic acids is 1. The lowest BCUT2D eigenvalue weighted by Crippen LogP contribution is -2.46. The van der Waals surface area contributed by atoms with Gasteiger partial charge in [0.1, 0.15) is 17.1 Å². The first kappa shape index (κ1) is 14.2. The summed E-state index contributed by atoms with van der Waals surface area (Å²) in [7, 11) is 2.04. The van der Waals surface area contributed by atoms with Crippen LogP contribution in [0.3, 0.4) is 0 Å². The number of hydrogen-bond acceptors (Lipinski definition) is 5. The Kier molecular flexibility index (Phi) is 3.73. The van der Waals surface area contributed by atoms with E-state index in [2.05, 4.69) is 4.90 Å². The summed E-state index contributed by atoms with van der Waals surface area (Å²) in [6.07, 6.45) is 0. The van der Waals surface area contributed by atoms with E-state index in [4.69, 9.17) is 4.74 Å². The molecule has 2 bridgehead atoms. The Bertz CT molecular complexity index is 528. The first-order valence-electron chi connectivity index (χ1n) is 7.14. The maximum atomic E-state index is 12.8. The van der Waals surface area contributed by atoms with Crippen LogP contribution in [0.1, 0.15) is 10.4 Å². The monoisotopic (exact) mass is 292 g/mol. The summed E-state index contributed by atoms with van der Waals surface area (Å²) in [5.74, 6) is -0.456. The van der Waals surface area contributed by atoms with E-state index in [1.807, 2.05) is 7.05 Å². The number of likely N-dealkylation sites (N-methyl/N-ethyl adjacent to an activating group) is 1. The van der Waals surface area contributed by atoms with Crippen molar-refractivity contribution in [3.05, 3.63) is 23.8 Å². The topological polar surface area (TPSA) is 73.2 Å². The molecule has 1 amide bonds. The van der Waals surface area contributed by atoms with Crippen molar-refractivity contribution >= 4 is 5.91 Å².